The van der Waals surface area contributed by atoms with Crippen molar-refractivity contribution in [2.24, 2.45) is 5.92 Å². The Morgan fingerprint density at radius 2 is 1.62 bits per heavy atom. The van der Waals surface area contributed by atoms with Crippen LogP contribution in [0.4, 0.5) is 34.9 Å². The molecule has 17 heteroatoms. The minimum atomic E-state index is -3.10. The summed E-state index contributed by atoms with van der Waals surface area (Å²) in [4.78, 5) is 61.0. The summed E-state index contributed by atoms with van der Waals surface area (Å²) in [6, 6.07) is 14.1. The predicted octanol–water partition coefficient (Wildman–Crippen LogP) is 5.26. The molecule has 2 unspecified atom stereocenters. The van der Waals surface area contributed by atoms with Gasteiger partial charge in [-0.25, -0.2) is 27.5 Å². The van der Waals surface area contributed by atoms with E-state index in [1.54, 1.807) is 53.6 Å². The summed E-state index contributed by atoms with van der Waals surface area (Å²) >= 11 is 0. The average molecular weight is 830 g/mol. The number of nitrogens with one attached hydrogen (secondary N) is 4. The maximum Gasteiger partial charge on any atom is 0.280 e. The van der Waals surface area contributed by atoms with E-state index in [1.165, 1.54) is 27.7 Å². The van der Waals surface area contributed by atoms with E-state index in [0.29, 0.717) is 68.6 Å². The van der Waals surface area contributed by atoms with Gasteiger partial charge in [0.15, 0.2) is 5.82 Å². The number of benzene rings is 2. The fourth-order valence-corrected chi connectivity index (χ4v) is 8.91. The summed E-state index contributed by atoms with van der Waals surface area (Å²) < 4.78 is 63.1. The molecule has 5 heterocycles. The number of amides is 3. The number of hydrogen-bond donors (Lipinski definition) is 4. The summed E-state index contributed by atoms with van der Waals surface area (Å²) in [5.41, 5.74) is 1.35. The summed E-state index contributed by atoms with van der Waals surface area (Å²) in [6.07, 6.45) is 7.07. The molecule has 60 heavy (non-hydrogen) atoms. The van der Waals surface area contributed by atoms with Crippen LogP contribution < -0.4 is 31.7 Å². The zero-order valence-electron chi connectivity index (χ0n) is 32.9. The summed E-state index contributed by atoms with van der Waals surface area (Å²) in [5.74, 6) is -5.18. The number of imide groups is 1. The number of piperidine rings is 3. The Hall–Kier alpha value is -5.84. The third-order valence-electron chi connectivity index (χ3n) is 12.1. The lowest BCUT2D eigenvalue weighted by Crippen LogP contribution is -2.61. The van der Waals surface area contributed by atoms with Gasteiger partial charge in [-0.3, -0.25) is 34.0 Å². The van der Waals surface area contributed by atoms with Crippen molar-refractivity contribution in [3.05, 3.63) is 95.0 Å². The first-order chi connectivity index (χ1) is 28.9. The Kier molecular flexibility index (Phi) is 11.9. The molecule has 3 saturated heterocycles. The normalized spacial score (nSPS) is 23.8. The molecule has 0 bridgehead atoms. The van der Waals surface area contributed by atoms with Crippen LogP contribution in [0.2, 0.25) is 0 Å². The van der Waals surface area contributed by atoms with E-state index in [1.807, 2.05) is 0 Å². The van der Waals surface area contributed by atoms with Crippen LogP contribution in [0.3, 0.4) is 0 Å². The Balaban J connectivity index is 0.785. The Morgan fingerprint density at radius 1 is 0.817 bits per heavy atom. The molecule has 4 N–H and O–H groups in total. The van der Waals surface area contributed by atoms with Crippen LogP contribution in [0, 0.1) is 17.6 Å². The van der Waals surface area contributed by atoms with E-state index in [-0.39, 0.29) is 78.5 Å². The van der Waals surface area contributed by atoms with Gasteiger partial charge in [-0.05, 0) is 87.8 Å². The number of carbonyl (C=O) groups is 3. The van der Waals surface area contributed by atoms with Crippen LogP contribution in [0.25, 0.3) is 16.9 Å². The van der Waals surface area contributed by atoms with Gasteiger partial charge in [-0.1, -0.05) is 18.2 Å². The summed E-state index contributed by atoms with van der Waals surface area (Å²) in [7, 11) is 0. The smallest absolute Gasteiger partial charge is 0.280 e. The molecule has 4 fully saturated rings. The number of rotatable bonds is 10. The molecule has 0 spiro atoms. The number of alkyl halides is 2. The minimum absolute atomic E-state index is 0.0178. The Morgan fingerprint density at radius 3 is 2.35 bits per heavy atom. The third kappa shape index (κ3) is 9.15. The van der Waals surface area contributed by atoms with Crippen molar-refractivity contribution in [1.82, 2.24) is 30.1 Å². The number of halogens is 4. The van der Waals surface area contributed by atoms with Gasteiger partial charge in [0.2, 0.25) is 23.7 Å². The average Bonchev–Trinajstić information content (AvgIpc) is 3.23. The van der Waals surface area contributed by atoms with Crippen LogP contribution in [-0.2, 0) is 14.4 Å². The zero-order chi connectivity index (χ0) is 42.0. The monoisotopic (exact) mass is 829 g/mol. The molecule has 316 valence electrons. The predicted molar refractivity (Wildman–Crippen MR) is 217 cm³/mol. The van der Waals surface area contributed by atoms with Crippen molar-refractivity contribution in [3.63, 3.8) is 0 Å². The van der Waals surface area contributed by atoms with Gasteiger partial charge >= 0.3 is 0 Å². The van der Waals surface area contributed by atoms with Crippen LogP contribution in [0.15, 0.2) is 77.9 Å². The summed E-state index contributed by atoms with van der Waals surface area (Å²) in [5, 5.41) is 11.6. The van der Waals surface area contributed by atoms with E-state index in [2.05, 4.69) is 31.2 Å². The van der Waals surface area contributed by atoms with Crippen molar-refractivity contribution in [1.29, 1.82) is 0 Å². The quantitative estimate of drug-likeness (QED) is 0.123. The van der Waals surface area contributed by atoms with Crippen molar-refractivity contribution >= 4 is 35.0 Å². The first-order valence-electron chi connectivity index (χ1n) is 20.5. The number of likely N-dealkylation sites (tertiary alicyclic amines) is 1. The number of aromatic nitrogens is 3. The van der Waals surface area contributed by atoms with Gasteiger partial charge in [0.25, 0.3) is 11.5 Å². The van der Waals surface area contributed by atoms with Crippen LogP contribution >= 0.6 is 0 Å². The molecular formula is C43H47F4N9O4. The molecule has 2 aromatic heterocycles. The van der Waals surface area contributed by atoms with Gasteiger partial charge in [0, 0.05) is 73.3 Å². The molecule has 1 saturated carbocycles. The van der Waals surface area contributed by atoms with Crippen molar-refractivity contribution < 1.29 is 31.9 Å². The highest BCUT2D eigenvalue weighted by Crippen LogP contribution is 2.37. The highest BCUT2D eigenvalue weighted by atomic mass is 19.3. The Labute approximate surface area is 344 Å². The van der Waals surface area contributed by atoms with Crippen molar-refractivity contribution in [2.75, 3.05) is 41.7 Å². The Bertz CT molecular complexity index is 2290. The van der Waals surface area contributed by atoms with Gasteiger partial charge in [0.1, 0.15) is 17.6 Å². The van der Waals surface area contributed by atoms with E-state index in [0.717, 1.165) is 6.20 Å². The number of hydrogen-bond acceptors (Lipinski definition) is 10. The van der Waals surface area contributed by atoms with Gasteiger partial charge in [-0.15, -0.1) is 0 Å². The molecule has 2 aromatic carbocycles. The largest absolute Gasteiger partial charge is 0.374 e. The van der Waals surface area contributed by atoms with E-state index in [4.69, 9.17) is 0 Å². The van der Waals surface area contributed by atoms with Gasteiger partial charge in [-0.2, -0.15) is 0 Å². The lowest BCUT2D eigenvalue weighted by molar-refractivity contribution is -0.133. The standard InChI is InChI=1S/C43H47F4N9O4/c44-32-23-30(49-34-12-14-37(57)52-41(34)60)11-13-35(32)55-21-17-36(43(46,47)25-55)54-19-15-29(16-20-54)50-40(59)26-7-9-28(10-8-26)51-42-48-24-33(45)39(53-42)27-4-3-5-31(22-27)56-18-2-1-6-38(56)58/h1-6,11,13,18,22-24,26,28-29,34,36,49H,7-10,12,14-17,19-21,25H2,(H,50,59)(H,48,51,53)(H,52,57,60)/t26-,28-,34?,36?. The molecule has 4 aliphatic rings. The lowest BCUT2D eigenvalue weighted by atomic mass is 9.85. The number of anilines is 3. The SMILES string of the molecule is O=C1CCC(Nc2ccc(N3CCC(N4CCC(NC(=O)[C@H]5CC[C@H](Nc6ncc(F)c(-c7cccc(-n8ccccc8=O)c7)n6)CC5)CC4)C(F)(F)C3)c(F)c2)C(=O)N1. The van der Waals surface area contributed by atoms with Crippen LogP contribution in [-0.4, -0.2) is 93.4 Å². The maximum absolute atomic E-state index is 15.7. The van der Waals surface area contributed by atoms with E-state index >= 15 is 13.2 Å². The molecular weight excluding hydrogens is 783 g/mol. The molecule has 0 radical (unpaired) electrons. The second kappa shape index (κ2) is 17.4. The fraction of sp³-hybridized carbons (Fsp3) is 0.442. The number of carbonyl (C=O) groups excluding carboxylic acids is 3. The van der Waals surface area contributed by atoms with Gasteiger partial charge in [0.05, 0.1) is 24.5 Å². The fourth-order valence-electron chi connectivity index (χ4n) is 8.91. The van der Waals surface area contributed by atoms with Gasteiger partial charge < -0.3 is 20.9 Å². The van der Waals surface area contributed by atoms with Crippen molar-refractivity contribution in [3.8, 4) is 16.9 Å². The first-order valence-corrected chi connectivity index (χ1v) is 20.5. The molecule has 13 nitrogen and oxygen atoms in total. The molecule has 3 amide bonds. The molecule has 1 aliphatic carbocycles. The second-order valence-corrected chi connectivity index (χ2v) is 16.2. The number of pyridine rings is 1. The highest BCUT2D eigenvalue weighted by Gasteiger charge is 2.48. The number of nitrogens with zero attached hydrogens (tertiary/aromatic N) is 5. The third-order valence-corrected chi connectivity index (χ3v) is 12.1. The molecule has 4 aromatic rings. The maximum atomic E-state index is 15.7. The zero-order valence-corrected chi connectivity index (χ0v) is 32.9. The molecule has 8 rings (SSSR count). The molecule has 3 aliphatic heterocycles. The van der Waals surface area contributed by atoms with Crippen molar-refractivity contribution in [2.45, 2.75) is 87.9 Å². The lowest BCUT2D eigenvalue weighted by Gasteiger charge is -2.46. The first kappa shape index (κ1) is 40.9. The van der Waals surface area contributed by atoms with E-state index < -0.39 is 42.1 Å². The van der Waals surface area contributed by atoms with E-state index in [9.17, 15) is 23.6 Å². The minimum Gasteiger partial charge on any atom is -0.374 e. The van der Waals surface area contributed by atoms with Crippen LogP contribution in [0.1, 0.15) is 57.8 Å². The molecule has 2 atom stereocenters. The van der Waals surface area contributed by atoms with Crippen LogP contribution in [0.5, 0.6) is 0 Å². The highest BCUT2D eigenvalue weighted by molar-refractivity contribution is 6.01. The summed E-state index contributed by atoms with van der Waals surface area (Å²) in [6.45, 7) is 0.423. The second-order valence-electron chi connectivity index (χ2n) is 16.2. The topological polar surface area (TPSA) is 154 Å².